The summed E-state index contributed by atoms with van der Waals surface area (Å²) in [7, 11) is 0. The van der Waals surface area contributed by atoms with Crippen LogP contribution in [0.4, 0.5) is 0 Å². The molecule has 0 amide bonds. The van der Waals surface area contributed by atoms with Gasteiger partial charge in [0.15, 0.2) is 5.82 Å². The molecule has 0 saturated heterocycles. The van der Waals surface area contributed by atoms with Crippen molar-refractivity contribution in [2.75, 3.05) is 6.54 Å². The van der Waals surface area contributed by atoms with Gasteiger partial charge in [-0.15, -0.1) is 0 Å². The molecule has 4 nitrogen and oxygen atoms in total. The van der Waals surface area contributed by atoms with Crippen LogP contribution < -0.4 is 5.32 Å². The Morgan fingerprint density at radius 3 is 2.60 bits per heavy atom. The van der Waals surface area contributed by atoms with Crippen molar-refractivity contribution < 1.29 is 4.52 Å². The molecule has 4 heteroatoms. The van der Waals surface area contributed by atoms with Crippen LogP contribution in [0.3, 0.4) is 0 Å². The quantitative estimate of drug-likeness (QED) is 0.879. The van der Waals surface area contributed by atoms with E-state index in [1.54, 1.807) is 0 Å². The van der Waals surface area contributed by atoms with Gasteiger partial charge >= 0.3 is 0 Å². The minimum Gasteiger partial charge on any atom is -0.339 e. The predicted octanol–water partition coefficient (Wildman–Crippen LogP) is 2.94. The molecule has 20 heavy (non-hydrogen) atoms. The van der Waals surface area contributed by atoms with Gasteiger partial charge in [-0.05, 0) is 32.9 Å². The monoisotopic (exact) mass is 273 g/mol. The Morgan fingerprint density at radius 2 is 1.95 bits per heavy atom. The van der Waals surface area contributed by atoms with Crippen molar-refractivity contribution in [3.05, 3.63) is 47.6 Å². The largest absolute Gasteiger partial charge is 0.339 e. The highest BCUT2D eigenvalue weighted by Crippen LogP contribution is 2.29. The summed E-state index contributed by atoms with van der Waals surface area (Å²) in [5.41, 5.74) is 0.942. The number of hydrogen-bond acceptors (Lipinski definition) is 4. The highest BCUT2D eigenvalue weighted by molar-refractivity contribution is 5.30. The summed E-state index contributed by atoms with van der Waals surface area (Å²) < 4.78 is 5.39. The molecular weight excluding hydrogens is 250 g/mol. The van der Waals surface area contributed by atoms with Crippen LogP contribution in [-0.4, -0.2) is 22.7 Å². The smallest absolute Gasteiger partial charge is 0.228 e. The predicted molar refractivity (Wildman–Crippen MR) is 79.7 cm³/mol. The van der Waals surface area contributed by atoms with Crippen LogP contribution in [-0.2, 0) is 11.8 Å². The number of nitrogens with one attached hydrogen (secondary N) is 1. The van der Waals surface area contributed by atoms with Gasteiger partial charge in [0.05, 0.1) is 5.41 Å². The second-order valence-electron chi connectivity index (χ2n) is 5.67. The summed E-state index contributed by atoms with van der Waals surface area (Å²) in [5, 5.41) is 7.51. The van der Waals surface area contributed by atoms with Crippen molar-refractivity contribution in [2.24, 2.45) is 0 Å². The lowest BCUT2D eigenvalue weighted by Crippen LogP contribution is -2.27. The number of hydrogen-bond donors (Lipinski definition) is 1. The topological polar surface area (TPSA) is 51.0 Å². The van der Waals surface area contributed by atoms with Crippen molar-refractivity contribution in [1.82, 2.24) is 15.5 Å². The molecule has 1 N–H and O–H groups in total. The first-order valence-corrected chi connectivity index (χ1v) is 7.16. The number of aromatic nitrogens is 2. The number of likely N-dealkylation sites (N-methyl/N-ethyl adjacent to an activating group) is 1. The van der Waals surface area contributed by atoms with Gasteiger partial charge in [0.25, 0.3) is 0 Å². The summed E-state index contributed by atoms with van der Waals surface area (Å²) in [6.07, 6.45) is 0.756. The molecule has 0 aliphatic rings. The molecule has 0 spiro atoms. The van der Waals surface area contributed by atoms with E-state index in [0.717, 1.165) is 18.8 Å². The molecule has 108 valence electrons. The van der Waals surface area contributed by atoms with Crippen LogP contribution in [0, 0.1) is 0 Å². The zero-order valence-electron chi connectivity index (χ0n) is 12.7. The third-order valence-electron chi connectivity index (χ3n) is 3.56. The third kappa shape index (κ3) is 3.25. The number of benzene rings is 1. The lowest BCUT2D eigenvalue weighted by Gasteiger charge is -2.20. The van der Waals surface area contributed by atoms with E-state index in [9.17, 15) is 0 Å². The fraction of sp³-hybridized carbons (Fsp3) is 0.500. The van der Waals surface area contributed by atoms with Gasteiger partial charge in [-0.2, -0.15) is 4.98 Å². The van der Waals surface area contributed by atoms with Crippen molar-refractivity contribution in [3.63, 3.8) is 0 Å². The van der Waals surface area contributed by atoms with Crippen LogP contribution in [0.2, 0.25) is 0 Å². The molecule has 1 unspecified atom stereocenters. The molecule has 0 fully saturated rings. The molecule has 0 bridgehead atoms. The summed E-state index contributed by atoms with van der Waals surface area (Å²) in [4.78, 5) is 4.56. The molecule has 0 aliphatic heterocycles. The standard InChI is InChI=1S/C16H23N3O/c1-5-17-12(2)11-14-18-15(19-20-14)16(3,4)13-9-7-6-8-10-13/h6-10,12,17H,5,11H2,1-4H3. The van der Waals surface area contributed by atoms with Crippen molar-refractivity contribution in [3.8, 4) is 0 Å². The maximum absolute atomic E-state index is 5.39. The van der Waals surface area contributed by atoms with Gasteiger partial charge in [-0.1, -0.05) is 42.4 Å². The van der Waals surface area contributed by atoms with Crippen molar-refractivity contribution in [2.45, 2.75) is 45.6 Å². The Balaban J connectivity index is 2.16. The van der Waals surface area contributed by atoms with Crippen LogP contribution >= 0.6 is 0 Å². The van der Waals surface area contributed by atoms with E-state index >= 15 is 0 Å². The number of rotatable bonds is 6. The molecule has 1 aromatic heterocycles. The molecular formula is C16H23N3O. The van der Waals surface area contributed by atoms with Gasteiger partial charge in [0.1, 0.15) is 0 Å². The van der Waals surface area contributed by atoms with Gasteiger partial charge in [0.2, 0.25) is 5.89 Å². The van der Waals surface area contributed by atoms with E-state index in [1.165, 1.54) is 5.56 Å². The van der Waals surface area contributed by atoms with E-state index in [4.69, 9.17) is 4.52 Å². The second kappa shape index (κ2) is 6.18. The number of nitrogens with zero attached hydrogens (tertiary/aromatic N) is 2. The third-order valence-corrected chi connectivity index (χ3v) is 3.56. The first-order valence-electron chi connectivity index (χ1n) is 7.16. The van der Waals surface area contributed by atoms with E-state index in [2.05, 4.69) is 55.3 Å². The van der Waals surface area contributed by atoms with E-state index in [1.807, 2.05) is 18.2 Å². The van der Waals surface area contributed by atoms with Gasteiger partial charge in [-0.25, -0.2) is 0 Å². The zero-order chi connectivity index (χ0) is 14.6. The van der Waals surface area contributed by atoms with E-state index < -0.39 is 0 Å². The van der Waals surface area contributed by atoms with Crippen LogP contribution in [0.15, 0.2) is 34.9 Å². The molecule has 0 aliphatic carbocycles. The Hall–Kier alpha value is -1.68. The Morgan fingerprint density at radius 1 is 1.25 bits per heavy atom. The average Bonchev–Trinajstić information content (AvgIpc) is 2.89. The zero-order valence-corrected chi connectivity index (χ0v) is 12.7. The lowest BCUT2D eigenvalue weighted by molar-refractivity contribution is 0.353. The maximum atomic E-state index is 5.39. The molecule has 1 atom stereocenters. The minimum absolute atomic E-state index is 0.246. The van der Waals surface area contributed by atoms with Crippen molar-refractivity contribution in [1.29, 1.82) is 0 Å². The molecule has 2 rings (SSSR count). The molecule has 0 radical (unpaired) electrons. The minimum atomic E-state index is -0.246. The molecule has 1 heterocycles. The normalized spacial score (nSPS) is 13.4. The molecule has 2 aromatic rings. The van der Waals surface area contributed by atoms with E-state index in [0.29, 0.717) is 11.9 Å². The van der Waals surface area contributed by atoms with Gasteiger partial charge in [-0.3, -0.25) is 0 Å². The Kier molecular flexibility index (Phi) is 4.55. The van der Waals surface area contributed by atoms with Gasteiger partial charge < -0.3 is 9.84 Å². The summed E-state index contributed by atoms with van der Waals surface area (Å²) in [6.45, 7) is 9.39. The Bertz CT molecular complexity index is 534. The summed E-state index contributed by atoms with van der Waals surface area (Å²) in [5.74, 6) is 1.43. The van der Waals surface area contributed by atoms with E-state index in [-0.39, 0.29) is 5.41 Å². The molecule has 1 aromatic carbocycles. The summed E-state index contributed by atoms with van der Waals surface area (Å²) >= 11 is 0. The second-order valence-corrected chi connectivity index (χ2v) is 5.67. The van der Waals surface area contributed by atoms with Crippen LogP contribution in [0.25, 0.3) is 0 Å². The summed E-state index contributed by atoms with van der Waals surface area (Å²) in [6, 6.07) is 10.6. The highest BCUT2D eigenvalue weighted by Gasteiger charge is 2.28. The van der Waals surface area contributed by atoms with Crippen LogP contribution in [0.5, 0.6) is 0 Å². The molecule has 0 saturated carbocycles. The first-order chi connectivity index (χ1) is 9.54. The Labute approximate surface area is 120 Å². The SMILES string of the molecule is CCNC(C)Cc1nc(C(C)(C)c2ccccc2)no1. The maximum Gasteiger partial charge on any atom is 0.228 e. The fourth-order valence-electron chi connectivity index (χ4n) is 2.26. The first kappa shape index (κ1) is 14.7. The van der Waals surface area contributed by atoms with Crippen LogP contribution in [0.1, 0.15) is 45.0 Å². The lowest BCUT2D eigenvalue weighted by atomic mass is 9.84. The highest BCUT2D eigenvalue weighted by atomic mass is 16.5. The van der Waals surface area contributed by atoms with Gasteiger partial charge in [0, 0.05) is 12.5 Å². The fourth-order valence-corrected chi connectivity index (χ4v) is 2.26. The van der Waals surface area contributed by atoms with Crippen molar-refractivity contribution >= 4 is 0 Å². The average molecular weight is 273 g/mol.